The first kappa shape index (κ1) is 18.1. The zero-order chi connectivity index (χ0) is 18.8. The summed E-state index contributed by atoms with van der Waals surface area (Å²) in [4.78, 5) is 6.20. The maximum atomic E-state index is 14.5. The first-order valence-electron chi connectivity index (χ1n) is 8.57. The fraction of sp³-hybridized carbons (Fsp3) is 0.368. The molecule has 0 radical (unpaired) electrons. The third-order valence-electron chi connectivity index (χ3n) is 4.47. The average Bonchev–Trinajstić information content (AvgIpc) is 3.11. The van der Waals surface area contributed by atoms with Crippen LogP contribution >= 0.6 is 0 Å². The molecule has 3 aromatic rings. The Kier molecular flexibility index (Phi) is 5.08. The van der Waals surface area contributed by atoms with Crippen LogP contribution in [0.25, 0.3) is 5.69 Å². The summed E-state index contributed by atoms with van der Waals surface area (Å²) in [5, 5.41) is 7.88. The van der Waals surface area contributed by atoms with Crippen LogP contribution in [0.5, 0.6) is 0 Å². The molecule has 3 rings (SSSR count). The van der Waals surface area contributed by atoms with Crippen LogP contribution < -0.4 is 10.2 Å². The molecule has 6 nitrogen and oxygen atoms in total. The van der Waals surface area contributed by atoms with Gasteiger partial charge in [0.25, 0.3) is 0 Å². The van der Waals surface area contributed by atoms with E-state index < -0.39 is 0 Å². The van der Waals surface area contributed by atoms with Gasteiger partial charge in [-0.3, -0.25) is 4.68 Å². The molecule has 2 heterocycles. The molecule has 0 spiro atoms. The van der Waals surface area contributed by atoms with E-state index in [-0.39, 0.29) is 5.82 Å². The molecule has 0 aliphatic heterocycles. The van der Waals surface area contributed by atoms with E-state index in [9.17, 15) is 4.39 Å². The van der Waals surface area contributed by atoms with Gasteiger partial charge in [0, 0.05) is 52.2 Å². The van der Waals surface area contributed by atoms with Crippen LogP contribution in [0.2, 0.25) is 0 Å². The van der Waals surface area contributed by atoms with Gasteiger partial charge in [-0.05, 0) is 31.5 Å². The molecule has 0 aliphatic rings. The predicted octanol–water partition coefficient (Wildman–Crippen LogP) is 2.72. The number of imidazole rings is 1. The van der Waals surface area contributed by atoms with E-state index in [1.165, 1.54) is 0 Å². The molecule has 0 fully saturated rings. The minimum absolute atomic E-state index is 0.253. The number of halogens is 1. The monoisotopic (exact) mass is 356 g/mol. The van der Waals surface area contributed by atoms with Crippen LogP contribution in [0.1, 0.15) is 22.6 Å². The lowest BCUT2D eigenvalue weighted by Crippen LogP contribution is -2.19. The van der Waals surface area contributed by atoms with Crippen molar-refractivity contribution in [2.75, 3.05) is 19.0 Å². The summed E-state index contributed by atoms with van der Waals surface area (Å²) in [5.74, 6) is 1.59. The highest BCUT2D eigenvalue weighted by Gasteiger charge is 2.14. The smallest absolute Gasteiger partial charge is 0.147 e. The number of rotatable bonds is 6. The molecular weight excluding hydrogens is 331 g/mol. The molecule has 0 saturated carbocycles. The van der Waals surface area contributed by atoms with E-state index in [2.05, 4.69) is 20.3 Å². The standard InChI is InChI=1S/C19H25FN6/c1-13-16(19(24(3)4)25(5)23-13)12-21-11-15-6-7-18(17(20)10-15)26-9-8-22-14(26)2/h6-10,21H,11-12H2,1-5H3. The van der Waals surface area contributed by atoms with E-state index >= 15 is 0 Å². The lowest BCUT2D eigenvalue weighted by molar-refractivity contribution is 0.609. The SMILES string of the molecule is Cc1nn(C)c(N(C)C)c1CNCc1ccc(-n2ccnc2C)c(F)c1. The molecule has 7 heteroatoms. The number of nitrogens with zero attached hydrogens (tertiary/aromatic N) is 5. The Balaban J connectivity index is 1.70. The summed E-state index contributed by atoms with van der Waals surface area (Å²) < 4.78 is 18.1. The van der Waals surface area contributed by atoms with Crippen LogP contribution in [-0.2, 0) is 20.1 Å². The number of aromatic nitrogens is 4. The van der Waals surface area contributed by atoms with Crippen molar-refractivity contribution in [3.05, 3.63) is 59.1 Å². The Labute approximate surface area is 153 Å². The van der Waals surface area contributed by atoms with Crippen molar-refractivity contribution in [3.8, 4) is 5.69 Å². The quantitative estimate of drug-likeness (QED) is 0.738. The van der Waals surface area contributed by atoms with Gasteiger partial charge in [0.05, 0.1) is 11.4 Å². The first-order valence-corrected chi connectivity index (χ1v) is 8.57. The van der Waals surface area contributed by atoms with Gasteiger partial charge < -0.3 is 14.8 Å². The normalized spacial score (nSPS) is 11.2. The predicted molar refractivity (Wildman–Crippen MR) is 101 cm³/mol. The second-order valence-electron chi connectivity index (χ2n) is 6.64. The molecule has 0 bridgehead atoms. The Morgan fingerprint density at radius 2 is 1.96 bits per heavy atom. The molecule has 0 atom stereocenters. The summed E-state index contributed by atoms with van der Waals surface area (Å²) in [5.41, 5.74) is 3.57. The minimum Gasteiger partial charge on any atom is -0.363 e. The van der Waals surface area contributed by atoms with Crippen LogP contribution in [0.4, 0.5) is 10.2 Å². The summed E-state index contributed by atoms with van der Waals surface area (Å²) in [7, 11) is 5.95. The van der Waals surface area contributed by atoms with Crippen molar-refractivity contribution in [3.63, 3.8) is 0 Å². The lowest BCUT2D eigenvalue weighted by atomic mass is 10.1. The largest absolute Gasteiger partial charge is 0.363 e. The van der Waals surface area contributed by atoms with Gasteiger partial charge in [-0.25, -0.2) is 9.37 Å². The molecule has 26 heavy (non-hydrogen) atoms. The average molecular weight is 356 g/mol. The minimum atomic E-state index is -0.253. The van der Waals surface area contributed by atoms with E-state index in [1.807, 2.05) is 45.7 Å². The van der Waals surface area contributed by atoms with Crippen molar-refractivity contribution in [2.24, 2.45) is 7.05 Å². The van der Waals surface area contributed by atoms with Crippen molar-refractivity contribution < 1.29 is 4.39 Å². The zero-order valence-electron chi connectivity index (χ0n) is 15.9. The number of hydrogen-bond donors (Lipinski definition) is 1. The highest BCUT2D eigenvalue weighted by molar-refractivity contribution is 5.48. The first-order chi connectivity index (χ1) is 12.4. The number of aryl methyl sites for hydroxylation is 3. The zero-order valence-corrected chi connectivity index (χ0v) is 15.9. The van der Waals surface area contributed by atoms with E-state index in [1.54, 1.807) is 29.1 Å². The maximum absolute atomic E-state index is 14.5. The highest BCUT2D eigenvalue weighted by atomic mass is 19.1. The number of benzene rings is 1. The van der Waals surface area contributed by atoms with Gasteiger partial charge >= 0.3 is 0 Å². The van der Waals surface area contributed by atoms with E-state index in [0.717, 1.165) is 28.5 Å². The maximum Gasteiger partial charge on any atom is 0.147 e. The number of anilines is 1. The molecule has 0 unspecified atom stereocenters. The van der Waals surface area contributed by atoms with E-state index in [4.69, 9.17) is 0 Å². The van der Waals surface area contributed by atoms with Gasteiger partial charge in [-0.2, -0.15) is 5.10 Å². The molecule has 1 N–H and O–H groups in total. The van der Waals surface area contributed by atoms with Crippen LogP contribution in [0.3, 0.4) is 0 Å². The van der Waals surface area contributed by atoms with Gasteiger partial charge in [0.2, 0.25) is 0 Å². The van der Waals surface area contributed by atoms with Crippen molar-refractivity contribution in [1.82, 2.24) is 24.6 Å². The molecule has 0 saturated heterocycles. The molecule has 0 amide bonds. The van der Waals surface area contributed by atoms with Crippen LogP contribution in [0, 0.1) is 19.7 Å². The second-order valence-corrected chi connectivity index (χ2v) is 6.64. The number of hydrogen-bond acceptors (Lipinski definition) is 4. The van der Waals surface area contributed by atoms with Gasteiger partial charge in [-0.1, -0.05) is 6.07 Å². The highest BCUT2D eigenvalue weighted by Crippen LogP contribution is 2.21. The second kappa shape index (κ2) is 7.29. The van der Waals surface area contributed by atoms with Crippen molar-refractivity contribution in [2.45, 2.75) is 26.9 Å². The summed E-state index contributed by atoms with van der Waals surface area (Å²) in [6.45, 7) is 5.12. The Hall–Kier alpha value is -2.67. The number of nitrogens with one attached hydrogen (secondary N) is 1. The van der Waals surface area contributed by atoms with Crippen molar-refractivity contribution >= 4 is 5.82 Å². The molecular formula is C19H25FN6. The topological polar surface area (TPSA) is 50.9 Å². The fourth-order valence-corrected chi connectivity index (χ4v) is 3.28. The molecule has 2 aromatic heterocycles. The molecule has 138 valence electrons. The van der Waals surface area contributed by atoms with Gasteiger partial charge in [0.15, 0.2) is 0 Å². The Bertz CT molecular complexity index is 909. The van der Waals surface area contributed by atoms with Crippen LogP contribution in [0.15, 0.2) is 30.6 Å². The van der Waals surface area contributed by atoms with Gasteiger partial charge in [-0.15, -0.1) is 0 Å². The third kappa shape index (κ3) is 3.48. The summed E-state index contributed by atoms with van der Waals surface area (Å²) in [6.07, 6.45) is 3.43. The lowest BCUT2D eigenvalue weighted by Gasteiger charge is -2.16. The molecule has 1 aromatic carbocycles. The van der Waals surface area contributed by atoms with Crippen LogP contribution in [-0.4, -0.2) is 33.4 Å². The third-order valence-corrected chi connectivity index (χ3v) is 4.47. The van der Waals surface area contributed by atoms with Gasteiger partial charge in [0.1, 0.15) is 17.5 Å². The summed E-state index contributed by atoms with van der Waals surface area (Å²) in [6, 6.07) is 5.31. The fourth-order valence-electron chi connectivity index (χ4n) is 3.28. The van der Waals surface area contributed by atoms with E-state index in [0.29, 0.717) is 18.8 Å². The molecule has 0 aliphatic carbocycles. The van der Waals surface area contributed by atoms with Crippen molar-refractivity contribution in [1.29, 1.82) is 0 Å². The Morgan fingerprint density at radius 3 is 2.58 bits per heavy atom. The Morgan fingerprint density at radius 1 is 1.19 bits per heavy atom. The summed E-state index contributed by atoms with van der Waals surface area (Å²) >= 11 is 0.